The Morgan fingerprint density at radius 3 is 2.14 bits per heavy atom. The van der Waals surface area contributed by atoms with Crippen LogP contribution in [0.4, 0.5) is 13.2 Å². The standard InChI is InChI=1S/C23H24F3NO2/c24-23(25,26)22(28)27(15-18-9-3-1-4-10-18)21-14-8-7-13-20(21)17-29-16-19-11-5-2-6-12-19/h1-12,20-21H,13-17H2/t20-,21-/m0/s1. The summed E-state index contributed by atoms with van der Waals surface area (Å²) >= 11 is 0. The first-order valence-electron chi connectivity index (χ1n) is 9.63. The summed E-state index contributed by atoms with van der Waals surface area (Å²) in [5.41, 5.74) is 1.67. The maximum Gasteiger partial charge on any atom is 0.471 e. The molecule has 0 N–H and O–H groups in total. The Labute approximate surface area is 168 Å². The van der Waals surface area contributed by atoms with E-state index in [2.05, 4.69) is 0 Å². The predicted molar refractivity (Wildman–Crippen MR) is 105 cm³/mol. The van der Waals surface area contributed by atoms with Crippen molar-refractivity contribution in [2.24, 2.45) is 5.92 Å². The van der Waals surface area contributed by atoms with E-state index in [1.54, 1.807) is 30.3 Å². The third-order valence-corrected chi connectivity index (χ3v) is 5.07. The molecule has 6 heteroatoms. The normalized spacial score (nSPS) is 19.1. The fourth-order valence-corrected chi connectivity index (χ4v) is 3.60. The lowest BCUT2D eigenvalue weighted by Gasteiger charge is -2.38. The number of carbonyl (C=O) groups excluding carboxylic acids is 1. The first-order valence-corrected chi connectivity index (χ1v) is 9.63. The zero-order chi connectivity index (χ0) is 20.7. The fraction of sp³-hybridized carbons (Fsp3) is 0.348. The van der Waals surface area contributed by atoms with E-state index in [0.29, 0.717) is 31.6 Å². The van der Waals surface area contributed by atoms with Crippen LogP contribution in [0.2, 0.25) is 0 Å². The van der Waals surface area contributed by atoms with Crippen LogP contribution in [0.15, 0.2) is 72.8 Å². The summed E-state index contributed by atoms with van der Waals surface area (Å²) in [6.45, 7) is 0.604. The van der Waals surface area contributed by atoms with Gasteiger partial charge in [0.05, 0.1) is 13.2 Å². The average Bonchev–Trinajstić information content (AvgIpc) is 2.73. The number of nitrogens with zero attached hydrogens (tertiary/aromatic N) is 1. The molecule has 0 bridgehead atoms. The highest BCUT2D eigenvalue weighted by molar-refractivity contribution is 5.82. The van der Waals surface area contributed by atoms with E-state index < -0.39 is 18.1 Å². The van der Waals surface area contributed by atoms with Gasteiger partial charge in [0.1, 0.15) is 0 Å². The number of hydrogen-bond acceptors (Lipinski definition) is 2. The molecule has 0 unspecified atom stereocenters. The van der Waals surface area contributed by atoms with E-state index in [1.165, 1.54) is 0 Å². The second-order valence-electron chi connectivity index (χ2n) is 7.19. The van der Waals surface area contributed by atoms with Gasteiger partial charge in [0, 0.05) is 18.5 Å². The molecule has 29 heavy (non-hydrogen) atoms. The SMILES string of the molecule is O=C(N(Cc1ccccc1)[C@H]1CC=CC[C@H]1COCc1ccccc1)C(F)(F)F. The third kappa shape index (κ3) is 5.94. The van der Waals surface area contributed by atoms with E-state index in [9.17, 15) is 18.0 Å². The number of hydrogen-bond donors (Lipinski definition) is 0. The Hall–Kier alpha value is -2.60. The van der Waals surface area contributed by atoms with Gasteiger partial charge in [-0.2, -0.15) is 13.2 Å². The predicted octanol–water partition coefficient (Wildman–Crippen LogP) is 5.13. The van der Waals surface area contributed by atoms with Crippen LogP contribution in [0.5, 0.6) is 0 Å². The number of benzene rings is 2. The van der Waals surface area contributed by atoms with Crippen molar-refractivity contribution in [2.75, 3.05) is 6.61 Å². The number of ether oxygens (including phenoxy) is 1. The van der Waals surface area contributed by atoms with E-state index in [-0.39, 0.29) is 12.5 Å². The highest BCUT2D eigenvalue weighted by Gasteiger charge is 2.46. The molecule has 0 fully saturated rings. The van der Waals surface area contributed by atoms with E-state index in [4.69, 9.17) is 4.74 Å². The summed E-state index contributed by atoms with van der Waals surface area (Å²) in [7, 11) is 0. The van der Waals surface area contributed by atoms with Crippen molar-refractivity contribution in [3.8, 4) is 0 Å². The topological polar surface area (TPSA) is 29.5 Å². The molecule has 2 aromatic rings. The van der Waals surface area contributed by atoms with Crippen molar-refractivity contribution in [1.29, 1.82) is 0 Å². The summed E-state index contributed by atoms with van der Waals surface area (Å²) in [5.74, 6) is -1.99. The quantitative estimate of drug-likeness (QED) is 0.600. The summed E-state index contributed by atoms with van der Waals surface area (Å²) in [5, 5.41) is 0. The van der Waals surface area contributed by atoms with Gasteiger partial charge >= 0.3 is 12.1 Å². The molecule has 0 radical (unpaired) electrons. The summed E-state index contributed by atoms with van der Waals surface area (Å²) in [6.07, 6.45) is -0.152. The molecule has 154 valence electrons. The van der Waals surface area contributed by atoms with Crippen LogP contribution in [0, 0.1) is 5.92 Å². The second kappa shape index (κ2) is 9.74. The first-order chi connectivity index (χ1) is 13.9. The zero-order valence-electron chi connectivity index (χ0n) is 16.0. The van der Waals surface area contributed by atoms with Crippen LogP contribution in [-0.2, 0) is 22.7 Å². The second-order valence-corrected chi connectivity index (χ2v) is 7.19. The molecule has 0 saturated carbocycles. The Kier molecular flexibility index (Phi) is 7.09. The average molecular weight is 403 g/mol. The zero-order valence-corrected chi connectivity index (χ0v) is 16.0. The molecule has 0 spiro atoms. The van der Waals surface area contributed by atoms with Crippen LogP contribution in [-0.4, -0.2) is 29.6 Å². The fourth-order valence-electron chi connectivity index (χ4n) is 3.60. The van der Waals surface area contributed by atoms with Crippen molar-refractivity contribution >= 4 is 5.91 Å². The number of halogens is 3. The van der Waals surface area contributed by atoms with Gasteiger partial charge in [-0.25, -0.2) is 0 Å². The van der Waals surface area contributed by atoms with Crippen LogP contribution in [0.1, 0.15) is 24.0 Å². The number of amides is 1. The van der Waals surface area contributed by atoms with Gasteiger partial charge in [-0.05, 0) is 24.0 Å². The summed E-state index contributed by atoms with van der Waals surface area (Å²) < 4.78 is 45.8. The van der Waals surface area contributed by atoms with Crippen molar-refractivity contribution < 1.29 is 22.7 Å². The number of alkyl halides is 3. The molecule has 1 aliphatic carbocycles. The molecule has 0 aliphatic heterocycles. The van der Waals surface area contributed by atoms with Gasteiger partial charge in [0.25, 0.3) is 0 Å². The molecule has 0 saturated heterocycles. The highest BCUT2D eigenvalue weighted by atomic mass is 19.4. The molecule has 0 heterocycles. The molecule has 3 nitrogen and oxygen atoms in total. The summed E-state index contributed by atoms with van der Waals surface area (Å²) in [6, 6.07) is 17.8. The lowest BCUT2D eigenvalue weighted by atomic mass is 9.88. The molecule has 2 atom stereocenters. The Morgan fingerprint density at radius 2 is 1.52 bits per heavy atom. The van der Waals surface area contributed by atoms with Crippen LogP contribution < -0.4 is 0 Å². The van der Waals surface area contributed by atoms with Gasteiger partial charge in [0.2, 0.25) is 0 Å². The van der Waals surface area contributed by atoms with Gasteiger partial charge in [-0.15, -0.1) is 0 Å². The minimum atomic E-state index is -4.91. The van der Waals surface area contributed by atoms with E-state index in [0.717, 1.165) is 10.5 Å². The van der Waals surface area contributed by atoms with Crippen LogP contribution >= 0.6 is 0 Å². The van der Waals surface area contributed by atoms with Gasteiger partial charge in [-0.1, -0.05) is 72.8 Å². The first kappa shape index (κ1) is 21.1. The van der Waals surface area contributed by atoms with E-state index >= 15 is 0 Å². The smallest absolute Gasteiger partial charge is 0.376 e. The van der Waals surface area contributed by atoms with Gasteiger partial charge < -0.3 is 9.64 Å². The minimum absolute atomic E-state index is 0.0765. The summed E-state index contributed by atoms with van der Waals surface area (Å²) in [4.78, 5) is 13.2. The highest BCUT2D eigenvalue weighted by Crippen LogP contribution is 2.30. The maximum absolute atomic E-state index is 13.3. The number of carbonyl (C=O) groups is 1. The molecular formula is C23H24F3NO2. The van der Waals surface area contributed by atoms with Crippen molar-refractivity contribution in [1.82, 2.24) is 4.90 Å². The Bertz CT molecular complexity index is 806. The number of allylic oxidation sites excluding steroid dienone is 1. The molecule has 3 rings (SSSR count). The van der Waals surface area contributed by atoms with Crippen LogP contribution in [0.3, 0.4) is 0 Å². The number of rotatable bonds is 7. The van der Waals surface area contributed by atoms with Crippen molar-refractivity contribution in [2.45, 2.75) is 38.2 Å². The molecule has 1 aliphatic rings. The molecule has 1 amide bonds. The lowest BCUT2D eigenvalue weighted by Crippen LogP contribution is -2.50. The monoisotopic (exact) mass is 403 g/mol. The Balaban J connectivity index is 1.74. The third-order valence-electron chi connectivity index (χ3n) is 5.07. The van der Waals surface area contributed by atoms with Gasteiger partial charge in [0.15, 0.2) is 0 Å². The molecule has 2 aromatic carbocycles. The van der Waals surface area contributed by atoms with Crippen LogP contribution in [0.25, 0.3) is 0 Å². The minimum Gasteiger partial charge on any atom is -0.376 e. The van der Waals surface area contributed by atoms with Gasteiger partial charge in [-0.3, -0.25) is 4.79 Å². The van der Waals surface area contributed by atoms with E-state index in [1.807, 2.05) is 42.5 Å². The van der Waals surface area contributed by atoms with Crippen molar-refractivity contribution in [3.63, 3.8) is 0 Å². The Morgan fingerprint density at radius 1 is 0.931 bits per heavy atom. The molecule has 0 aromatic heterocycles. The maximum atomic E-state index is 13.3. The lowest BCUT2D eigenvalue weighted by molar-refractivity contribution is -0.190. The molecular weight excluding hydrogens is 379 g/mol. The largest absolute Gasteiger partial charge is 0.471 e. The van der Waals surface area contributed by atoms with Crippen molar-refractivity contribution in [3.05, 3.63) is 83.9 Å².